The molecule has 2 amide bonds. The fourth-order valence-corrected chi connectivity index (χ4v) is 4.79. The first kappa shape index (κ1) is 23.1. The Balaban J connectivity index is 1.34. The van der Waals surface area contributed by atoms with Crippen LogP contribution in [0.2, 0.25) is 0 Å². The van der Waals surface area contributed by atoms with Gasteiger partial charge >= 0.3 is 0 Å². The minimum atomic E-state index is -0.413. The van der Waals surface area contributed by atoms with Crippen molar-refractivity contribution < 1.29 is 14.0 Å². The fraction of sp³-hybridized carbons (Fsp3) is 0.391. The number of hydrogen-bond acceptors (Lipinski definition) is 7. The zero-order valence-electron chi connectivity index (χ0n) is 18.6. The lowest BCUT2D eigenvalue weighted by atomic mass is 10.1. The van der Waals surface area contributed by atoms with E-state index in [1.165, 1.54) is 17.3 Å². The van der Waals surface area contributed by atoms with E-state index in [1.807, 2.05) is 11.0 Å². The summed E-state index contributed by atoms with van der Waals surface area (Å²) in [5, 5.41) is 8.98. The number of nitrogens with zero attached hydrogens (tertiary/aromatic N) is 5. The first-order valence-electron chi connectivity index (χ1n) is 11.0. The van der Waals surface area contributed by atoms with Crippen molar-refractivity contribution in [3.05, 3.63) is 54.3 Å². The lowest BCUT2D eigenvalue weighted by molar-refractivity contribution is -0.130. The Bertz CT molecular complexity index is 1060. The summed E-state index contributed by atoms with van der Waals surface area (Å²) in [6.07, 6.45) is 1.70. The van der Waals surface area contributed by atoms with E-state index in [0.717, 1.165) is 13.1 Å². The third-order valence-corrected chi connectivity index (χ3v) is 6.81. The van der Waals surface area contributed by atoms with E-state index < -0.39 is 5.91 Å². The topological polar surface area (TPSA) is 110 Å². The van der Waals surface area contributed by atoms with Crippen LogP contribution in [0.4, 0.5) is 0 Å². The minimum Gasteiger partial charge on any atom is -0.461 e. The predicted octanol–water partition coefficient (Wildman–Crippen LogP) is 2.41. The lowest BCUT2D eigenvalue weighted by Gasteiger charge is -2.38. The number of thioether (sulfide) groups is 1. The Hall–Kier alpha value is -3.11. The summed E-state index contributed by atoms with van der Waals surface area (Å²) in [6.45, 7) is 5.60. The molecule has 3 aromatic rings. The van der Waals surface area contributed by atoms with Gasteiger partial charge < -0.3 is 15.1 Å². The molecule has 4 rings (SSSR count). The molecule has 0 radical (unpaired) electrons. The van der Waals surface area contributed by atoms with Crippen LogP contribution in [0.15, 0.2) is 58.3 Å². The van der Waals surface area contributed by atoms with Gasteiger partial charge in [-0.2, -0.15) is 0 Å². The van der Waals surface area contributed by atoms with Crippen LogP contribution in [0.3, 0.4) is 0 Å². The molecule has 33 heavy (non-hydrogen) atoms. The van der Waals surface area contributed by atoms with Crippen molar-refractivity contribution in [3.63, 3.8) is 0 Å². The molecule has 1 aromatic carbocycles. The first-order valence-corrected chi connectivity index (χ1v) is 12.0. The summed E-state index contributed by atoms with van der Waals surface area (Å²) in [5.74, 6) is 0.967. The molecule has 0 spiro atoms. The van der Waals surface area contributed by atoms with Gasteiger partial charge in [-0.05, 0) is 24.6 Å². The summed E-state index contributed by atoms with van der Waals surface area (Å²) in [4.78, 5) is 28.5. The molecule has 1 atom stereocenters. The number of benzene rings is 1. The zero-order chi connectivity index (χ0) is 23.2. The molecule has 9 nitrogen and oxygen atoms in total. The van der Waals surface area contributed by atoms with E-state index in [1.54, 1.807) is 23.0 Å². The number of carbonyl (C=O) groups is 2. The van der Waals surface area contributed by atoms with Crippen LogP contribution in [-0.2, 0) is 16.1 Å². The van der Waals surface area contributed by atoms with Gasteiger partial charge in [-0.25, -0.2) is 0 Å². The quantitative estimate of drug-likeness (QED) is 0.480. The van der Waals surface area contributed by atoms with Gasteiger partial charge in [-0.15, -0.1) is 10.2 Å². The second kappa shape index (κ2) is 10.7. The van der Waals surface area contributed by atoms with Gasteiger partial charge in [-0.1, -0.05) is 42.1 Å². The summed E-state index contributed by atoms with van der Waals surface area (Å²) in [7, 11) is 0. The molecule has 2 N–H and O–H groups in total. The molecule has 2 aromatic heterocycles. The molecule has 10 heteroatoms. The number of piperazine rings is 1. The van der Waals surface area contributed by atoms with Gasteiger partial charge in [0.25, 0.3) is 0 Å². The van der Waals surface area contributed by atoms with E-state index in [2.05, 4.69) is 46.3 Å². The van der Waals surface area contributed by atoms with Crippen molar-refractivity contribution in [1.29, 1.82) is 0 Å². The summed E-state index contributed by atoms with van der Waals surface area (Å²) in [5.41, 5.74) is 6.62. The first-order chi connectivity index (χ1) is 16.0. The predicted molar refractivity (Wildman–Crippen MR) is 125 cm³/mol. The maximum atomic E-state index is 12.9. The Morgan fingerprint density at radius 3 is 2.52 bits per heavy atom. The monoisotopic (exact) mass is 468 g/mol. The fourth-order valence-electron chi connectivity index (χ4n) is 3.93. The van der Waals surface area contributed by atoms with E-state index in [4.69, 9.17) is 10.2 Å². The smallest absolute Gasteiger partial charge is 0.233 e. The number of nitrogens with two attached hydrogens (primary N) is 1. The average Bonchev–Trinajstić information content (AvgIpc) is 3.51. The minimum absolute atomic E-state index is 0.0658. The van der Waals surface area contributed by atoms with Crippen molar-refractivity contribution in [3.8, 4) is 11.6 Å². The number of amides is 2. The second-order valence-corrected chi connectivity index (χ2v) is 8.89. The highest BCUT2D eigenvalue weighted by molar-refractivity contribution is 7.99. The number of hydrogen-bond donors (Lipinski definition) is 1. The van der Waals surface area contributed by atoms with Crippen molar-refractivity contribution in [2.75, 3.05) is 31.9 Å². The molecule has 1 unspecified atom stereocenters. The van der Waals surface area contributed by atoms with Crippen molar-refractivity contribution in [1.82, 2.24) is 24.6 Å². The van der Waals surface area contributed by atoms with Gasteiger partial charge in [0.1, 0.15) is 0 Å². The molecule has 1 aliphatic heterocycles. The molecule has 1 aliphatic rings. The normalized spacial score (nSPS) is 15.5. The van der Waals surface area contributed by atoms with Gasteiger partial charge in [-0.3, -0.25) is 19.1 Å². The van der Waals surface area contributed by atoms with E-state index in [-0.39, 0.29) is 18.1 Å². The Morgan fingerprint density at radius 1 is 1.09 bits per heavy atom. The summed E-state index contributed by atoms with van der Waals surface area (Å²) in [6, 6.07) is 14.3. The molecule has 0 bridgehead atoms. The molecular weight excluding hydrogens is 440 g/mol. The lowest BCUT2D eigenvalue weighted by Crippen LogP contribution is -2.49. The van der Waals surface area contributed by atoms with Crippen LogP contribution >= 0.6 is 11.8 Å². The SMILES string of the molecule is CC(c1ccccc1)N1CCN(C(=O)CSc2nnc(-c3ccco3)n2CCC(N)=O)CC1. The number of primary amides is 1. The van der Waals surface area contributed by atoms with E-state index in [0.29, 0.717) is 42.4 Å². The second-order valence-electron chi connectivity index (χ2n) is 7.94. The number of rotatable bonds is 9. The van der Waals surface area contributed by atoms with Gasteiger partial charge in [0.15, 0.2) is 16.7 Å². The van der Waals surface area contributed by atoms with Gasteiger partial charge in [0, 0.05) is 45.2 Å². The molecular formula is C23H28N6O3S. The molecule has 0 aliphatic carbocycles. The standard InChI is InChI=1S/C23H28N6O3S/c1-17(18-6-3-2-4-7-18)27-11-13-28(14-12-27)21(31)16-33-23-26-25-22(19-8-5-15-32-19)29(23)10-9-20(24)30/h2-8,15,17H,9-14,16H2,1H3,(H2,24,30). The Morgan fingerprint density at radius 2 is 1.85 bits per heavy atom. The van der Waals surface area contributed by atoms with Gasteiger partial charge in [0.2, 0.25) is 11.8 Å². The molecule has 1 saturated heterocycles. The summed E-state index contributed by atoms with van der Waals surface area (Å²) < 4.78 is 7.21. The van der Waals surface area contributed by atoms with Crippen LogP contribution in [0.5, 0.6) is 0 Å². The molecule has 1 fully saturated rings. The Kier molecular flexibility index (Phi) is 7.46. The van der Waals surface area contributed by atoms with Crippen molar-refractivity contribution in [2.45, 2.75) is 31.1 Å². The van der Waals surface area contributed by atoms with Crippen LogP contribution in [-0.4, -0.2) is 68.3 Å². The maximum absolute atomic E-state index is 12.9. The Labute approximate surface area is 196 Å². The zero-order valence-corrected chi connectivity index (χ0v) is 19.4. The summed E-state index contributed by atoms with van der Waals surface area (Å²) >= 11 is 1.31. The average molecular weight is 469 g/mol. The van der Waals surface area contributed by atoms with Crippen LogP contribution in [0.25, 0.3) is 11.6 Å². The highest BCUT2D eigenvalue weighted by Crippen LogP contribution is 2.26. The van der Waals surface area contributed by atoms with E-state index >= 15 is 0 Å². The third kappa shape index (κ3) is 5.63. The van der Waals surface area contributed by atoms with Crippen LogP contribution in [0.1, 0.15) is 24.9 Å². The highest BCUT2D eigenvalue weighted by Gasteiger charge is 2.25. The maximum Gasteiger partial charge on any atom is 0.233 e. The molecule has 174 valence electrons. The van der Waals surface area contributed by atoms with Gasteiger partial charge in [0.05, 0.1) is 12.0 Å². The van der Waals surface area contributed by atoms with Crippen LogP contribution < -0.4 is 5.73 Å². The van der Waals surface area contributed by atoms with Crippen molar-refractivity contribution >= 4 is 23.6 Å². The largest absolute Gasteiger partial charge is 0.461 e. The molecule has 0 saturated carbocycles. The number of aromatic nitrogens is 3. The van der Waals surface area contributed by atoms with Crippen molar-refractivity contribution in [2.24, 2.45) is 5.73 Å². The number of carbonyl (C=O) groups excluding carboxylic acids is 2. The van der Waals surface area contributed by atoms with Crippen LogP contribution in [0, 0.1) is 0 Å². The third-order valence-electron chi connectivity index (χ3n) is 5.86. The number of furan rings is 1. The highest BCUT2D eigenvalue weighted by atomic mass is 32.2. The molecule has 3 heterocycles. The van der Waals surface area contributed by atoms with E-state index in [9.17, 15) is 9.59 Å².